The molecule has 1 amide bonds. The minimum atomic E-state index is -0.227. The van der Waals surface area contributed by atoms with Gasteiger partial charge in [0.25, 0.3) is 0 Å². The first-order valence-corrected chi connectivity index (χ1v) is 9.21. The lowest BCUT2D eigenvalue weighted by Gasteiger charge is -2.65. The van der Waals surface area contributed by atoms with E-state index in [9.17, 15) is 9.18 Å². The second-order valence-corrected chi connectivity index (χ2v) is 9.70. The second-order valence-electron chi connectivity index (χ2n) is 9.70. The molecule has 2 unspecified atom stereocenters. The number of nitrogens with zero attached hydrogens (tertiary/aromatic N) is 1. The molecule has 0 saturated heterocycles. The molecule has 3 heteroatoms. The molecular weight excluding hydrogens is 301 g/mol. The zero-order chi connectivity index (χ0) is 17.2. The van der Waals surface area contributed by atoms with Crippen LogP contribution in [0.25, 0.3) is 0 Å². The van der Waals surface area contributed by atoms with Gasteiger partial charge in [0.1, 0.15) is 5.82 Å². The fourth-order valence-electron chi connectivity index (χ4n) is 7.03. The Labute approximate surface area is 144 Å². The summed E-state index contributed by atoms with van der Waals surface area (Å²) in [6.07, 6.45) is 7.08. The maximum absolute atomic E-state index is 13.4. The summed E-state index contributed by atoms with van der Waals surface area (Å²) >= 11 is 0. The van der Waals surface area contributed by atoms with Gasteiger partial charge < -0.3 is 4.90 Å². The van der Waals surface area contributed by atoms with Crippen LogP contribution in [0.5, 0.6) is 0 Å². The van der Waals surface area contributed by atoms with Crippen LogP contribution in [0, 0.1) is 28.0 Å². The molecule has 4 bridgehead atoms. The topological polar surface area (TPSA) is 20.3 Å². The molecule has 0 spiro atoms. The molecule has 24 heavy (non-hydrogen) atoms. The van der Waals surface area contributed by atoms with Gasteiger partial charge >= 0.3 is 0 Å². The van der Waals surface area contributed by atoms with E-state index in [2.05, 4.69) is 13.8 Å². The van der Waals surface area contributed by atoms with Crippen molar-refractivity contribution in [1.82, 2.24) is 4.90 Å². The van der Waals surface area contributed by atoms with Crippen LogP contribution in [0.1, 0.15) is 57.9 Å². The number of amides is 1. The highest BCUT2D eigenvalue weighted by atomic mass is 19.1. The summed E-state index contributed by atoms with van der Waals surface area (Å²) in [7, 11) is 1.91. The van der Waals surface area contributed by atoms with Crippen LogP contribution in [-0.4, -0.2) is 17.9 Å². The Morgan fingerprint density at radius 1 is 1.08 bits per heavy atom. The zero-order valence-corrected chi connectivity index (χ0v) is 15.1. The maximum atomic E-state index is 13.4. The minimum Gasteiger partial charge on any atom is -0.341 e. The summed E-state index contributed by atoms with van der Waals surface area (Å²) in [5.74, 6) is 0.808. The van der Waals surface area contributed by atoms with Gasteiger partial charge in [-0.3, -0.25) is 4.79 Å². The molecule has 1 aromatic carbocycles. The van der Waals surface area contributed by atoms with Gasteiger partial charge in [-0.1, -0.05) is 26.0 Å². The van der Waals surface area contributed by atoms with Crippen molar-refractivity contribution >= 4 is 5.91 Å². The number of hydrogen-bond acceptors (Lipinski definition) is 1. The van der Waals surface area contributed by atoms with E-state index < -0.39 is 0 Å². The Balaban J connectivity index is 1.56. The van der Waals surface area contributed by atoms with E-state index in [1.54, 1.807) is 12.1 Å². The highest BCUT2D eigenvalue weighted by Crippen LogP contribution is 2.69. The standard InChI is InChI=1S/C21H28FNO/c1-19-8-16-9-20(2,12-19)14-21(10-16,13-19)18(24)23(3)11-15-4-6-17(22)7-5-15/h4-7,16H,8-14H2,1-3H3. The molecule has 2 atom stereocenters. The molecule has 4 saturated carbocycles. The third-order valence-corrected chi connectivity index (χ3v) is 6.76. The van der Waals surface area contributed by atoms with Crippen LogP contribution in [0.3, 0.4) is 0 Å². The van der Waals surface area contributed by atoms with Crippen molar-refractivity contribution in [1.29, 1.82) is 0 Å². The van der Waals surface area contributed by atoms with Gasteiger partial charge in [0.2, 0.25) is 5.91 Å². The largest absolute Gasteiger partial charge is 0.341 e. The Morgan fingerprint density at radius 2 is 1.67 bits per heavy atom. The van der Waals surface area contributed by atoms with Gasteiger partial charge in [-0.2, -0.15) is 0 Å². The minimum absolute atomic E-state index is 0.155. The quantitative estimate of drug-likeness (QED) is 0.781. The average molecular weight is 329 g/mol. The summed E-state index contributed by atoms with van der Waals surface area (Å²) in [5.41, 5.74) is 1.54. The molecule has 0 radical (unpaired) electrons. The first kappa shape index (κ1) is 16.1. The van der Waals surface area contributed by atoms with Crippen LogP contribution in [0.2, 0.25) is 0 Å². The van der Waals surface area contributed by atoms with E-state index in [0.29, 0.717) is 23.3 Å². The average Bonchev–Trinajstić information content (AvgIpc) is 2.45. The molecule has 0 aromatic heterocycles. The normalized spacial score (nSPS) is 39.9. The summed E-state index contributed by atoms with van der Waals surface area (Å²) < 4.78 is 13.1. The second kappa shape index (κ2) is 5.06. The van der Waals surface area contributed by atoms with Crippen molar-refractivity contribution in [2.24, 2.45) is 22.2 Å². The van der Waals surface area contributed by atoms with Crippen molar-refractivity contribution in [2.75, 3.05) is 7.05 Å². The van der Waals surface area contributed by atoms with Crippen molar-refractivity contribution in [3.63, 3.8) is 0 Å². The van der Waals surface area contributed by atoms with Crippen LogP contribution < -0.4 is 0 Å². The fourth-order valence-corrected chi connectivity index (χ4v) is 7.03. The molecule has 0 aliphatic heterocycles. The number of hydrogen-bond donors (Lipinski definition) is 0. The number of rotatable bonds is 3. The number of benzene rings is 1. The first-order valence-electron chi connectivity index (χ1n) is 9.21. The highest BCUT2D eigenvalue weighted by Gasteiger charge is 2.63. The van der Waals surface area contributed by atoms with Crippen molar-refractivity contribution in [3.8, 4) is 0 Å². The van der Waals surface area contributed by atoms with Gasteiger partial charge in [-0.25, -0.2) is 4.39 Å². The summed E-state index contributed by atoms with van der Waals surface area (Å²) in [5, 5.41) is 0. The van der Waals surface area contributed by atoms with E-state index in [1.165, 1.54) is 31.4 Å². The van der Waals surface area contributed by atoms with E-state index in [-0.39, 0.29) is 11.2 Å². The van der Waals surface area contributed by atoms with E-state index in [0.717, 1.165) is 30.7 Å². The molecule has 0 heterocycles. The molecule has 4 aliphatic carbocycles. The van der Waals surface area contributed by atoms with Gasteiger partial charge in [-0.15, -0.1) is 0 Å². The summed E-state index contributed by atoms with van der Waals surface area (Å²) in [4.78, 5) is 15.3. The van der Waals surface area contributed by atoms with E-state index in [1.807, 2.05) is 11.9 Å². The van der Waals surface area contributed by atoms with Crippen LogP contribution in [0.15, 0.2) is 24.3 Å². The first-order chi connectivity index (χ1) is 11.2. The Kier molecular flexibility index (Phi) is 3.40. The SMILES string of the molecule is CN(Cc1ccc(F)cc1)C(=O)C12CC3CC(C)(CC(C)(C3)C1)C2. The monoisotopic (exact) mass is 329 g/mol. The van der Waals surface area contributed by atoms with Crippen molar-refractivity contribution in [3.05, 3.63) is 35.6 Å². The van der Waals surface area contributed by atoms with Crippen LogP contribution in [-0.2, 0) is 11.3 Å². The maximum Gasteiger partial charge on any atom is 0.228 e. The number of carbonyl (C=O) groups is 1. The molecule has 4 fully saturated rings. The molecule has 2 nitrogen and oxygen atoms in total. The highest BCUT2D eigenvalue weighted by molar-refractivity contribution is 5.83. The lowest BCUT2D eigenvalue weighted by molar-refractivity contribution is -0.178. The van der Waals surface area contributed by atoms with Crippen LogP contribution >= 0.6 is 0 Å². The predicted octanol–water partition coefficient (Wildman–Crippen LogP) is 4.78. The third-order valence-electron chi connectivity index (χ3n) is 6.76. The van der Waals surface area contributed by atoms with Crippen LogP contribution in [0.4, 0.5) is 4.39 Å². The number of carbonyl (C=O) groups excluding carboxylic acids is 1. The predicted molar refractivity (Wildman–Crippen MR) is 92.7 cm³/mol. The molecular formula is C21H28FNO. The molecule has 5 rings (SSSR count). The molecule has 4 aliphatic rings. The van der Waals surface area contributed by atoms with Gasteiger partial charge in [0.05, 0.1) is 5.41 Å². The van der Waals surface area contributed by atoms with Gasteiger partial charge in [-0.05, 0) is 73.0 Å². The summed E-state index contributed by atoms with van der Waals surface area (Å²) in [6, 6.07) is 6.50. The van der Waals surface area contributed by atoms with Gasteiger partial charge in [0, 0.05) is 13.6 Å². The Morgan fingerprint density at radius 3 is 2.21 bits per heavy atom. The summed E-state index contributed by atoms with van der Waals surface area (Å²) in [6.45, 7) is 5.37. The number of halogens is 1. The molecule has 1 aromatic rings. The smallest absolute Gasteiger partial charge is 0.228 e. The molecule has 0 N–H and O–H groups in total. The van der Waals surface area contributed by atoms with Crippen molar-refractivity contribution < 1.29 is 9.18 Å². The fraction of sp³-hybridized carbons (Fsp3) is 0.667. The van der Waals surface area contributed by atoms with Gasteiger partial charge in [0.15, 0.2) is 0 Å². The third kappa shape index (κ3) is 2.57. The lowest BCUT2D eigenvalue weighted by atomic mass is 9.40. The van der Waals surface area contributed by atoms with E-state index in [4.69, 9.17) is 0 Å². The van der Waals surface area contributed by atoms with Crippen molar-refractivity contribution in [2.45, 2.75) is 58.9 Å². The van der Waals surface area contributed by atoms with E-state index >= 15 is 0 Å². The Bertz CT molecular complexity index is 649. The lowest BCUT2D eigenvalue weighted by Crippen LogP contribution is -2.59. The molecule has 130 valence electrons. The Hall–Kier alpha value is -1.38. The zero-order valence-electron chi connectivity index (χ0n) is 15.1.